The number of carbonyl (C=O) groups excluding carboxylic acids is 1. The molecule has 0 unspecified atom stereocenters. The molecule has 2 aromatic heterocycles. The van der Waals surface area contributed by atoms with Crippen LogP contribution in [0.2, 0.25) is 0 Å². The number of Topliss-reactive ketones (excluding diaryl/α,β-unsaturated/α-hetero) is 1. The van der Waals surface area contributed by atoms with Crippen molar-refractivity contribution in [1.29, 1.82) is 0 Å². The van der Waals surface area contributed by atoms with Gasteiger partial charge in [0.25, 0.3) is 0 Å². The number of halogens is 1. The van der Waals surface area contributed by atoms with Gasteiger partial charge >= 0.3 is 0 Å². The molecule has 0 radical (unpaired) electrons. The lowest BCUT2D eigenvalue weighted by atomic mass is 9.99. The molecular weight excluding hydrogens is 473 g/mol. The van der Waals surface area contributed by atoms with Crippen molar-refractivity contribution in [1.82, 2.24) is 24.9 Å². The van der Waals surface area contributed by atoms with E-state index in [0.29, 0.717) is 11.3 Å². The highest BCUT2D eigenvalue weighted by Crippen LogP contribution is 2.28. The molecule has 0 saturated carbocycles. The highest BCUT2D eigenvalue weighted by Gasteiger charge is 2.17. The van der Waals surface area contributed by atoms with E-state index in [1.807, 2.05) is 35.3 Å². The van der Waals surface area contributed by atoms with E-state index in [4.69, 9.17) is 9.47 Å². The molecule has 0 spiro atoms. The average molecular weight is 502 g/mol. The summed E-state index contributed by atoms with van der Waals surface area (Å²) in [6.45, 7) is 5.32. The Labute approximate surface area is 214 Å². The van der Waals surface area contributed by atoms with E-state index in [9.17, 15) is 9.18 Å². The third-order valence-corrected chi connectivity index (χ3v) is 6.31. The Morgan fingerprint density at radius 2 is 1.78 bits per heavy atom. The topological polar surface area (TPSA) is 82.4 Å². The minimum Gasteiger partial charge on any atom is -0.488 e. The van der Waals surface area contributed by atoms with Crippen molar-refractivity contribution in [3.05, 3.63) is 95.8 Å². The maximum absolute atomic E-state index is 13.3. The van der Waals surface area contributed by atoms with Crippen molar-refractivity contribution in [3.8, 4) is 16.9 Å². The predicted molar refractivity (Wildman–Crippen MR) is 136 cm³/mol. The zero-order chi connectivity index (χ0) is 25.5. The van der Waals surface area contributed by atoms with Crippen LogP contribution in [0.3, 0.4) is 0 Å². The molecule has 1 saturated heterocycles. The summed E-state index contributed by atoms with van der Waals surface area (Å²) >= 11 is 0. The molecule has 3 heterocycles. The van der Waals surface area contributed by atoms with Crippen molar-refractivity contribution < 1.29 is 18.7 Å². The zero-order valence-corrected chi connectivity index (χ0v) is 20.4. The van der Waals surface area contributed by atoms with Gasteiger partial charge in [0.2, 0.25) is 0 Å². The third-order valence-electron chi connectivity index (χ3n) is 6.31. The maximum Gasteiger partial charge on any atom is 0.171 e. The van der Waals surface area contributed by atoms with E-state index in [-0.39, 0.29) is 24.6 Å². The van der Waals surface area contributed by atoms with Crippen molar-refractivity contribution in [2.75, 3.05) is 32.8 Å². The summed E-state index contributed by atoms with van der Waals surface area (Å²) in [5, 5.41) is 12.2. The number of morpholine rings is 1. The Kier molecular flexibility index (Phi) is 7.93. The van der Waals surface area contributed by atoms with Gasteiger partial charge in [-0.3, -0.25) is 14.4 Å². The first-order chi connectivity index (χ1) is 18.1. The Morgan fingerprint density at radius 1 is 0.946 bits per heavy atom. The van der Waals surface area contributed by atoms with Crippen LogP contribution in [0, 0.1) is 5.82 Å². The molecule has 0 atom stereocenters. The smallest absolute Gasteiger partial charge is 0.171 e. The molecule has 0 aliphatic carbocycles. The summed E-state index contributed by atoms with van der Waals surface area (Å²) in [5.74, 6) is 0.0730. The second-order valence-electron chi connectivity index (χ2n) is 8.92. The third kappa shape index (κ3) is 6.63. The van der Waals surface area contributed by atoms with Gasteiger partial charge in [0.15, 0.2) is 5.78 Å². The van der Waals surface area contributed by atoms with Gasteiger partial charge in [-0.15, -0.1) is 0 Å². The Morgan fingerprint density at radius 3 is 2.57 bits per heavy atom. The number of hydrogen-bond acceptors (Lipinski definition) is 7. The van der Waals surface area contributed by atoms with Gasteiger partial charge in [-0.25, -0.2) is 4.39 Å². The fourth-order valence-corrected chi connectivity index (χ4v) is 4.20. The van der Waals surface area contributed by atoms with Gasteiger partial charge in [0.05, 0.1) is 37.7 Å². The van der Waals surface area contributed by atoms with Crippen molar-refractivity contribution >= 4 is 5.78 Å². The van der Waals surface area contributed by atoms with Gasteiger partial charge in [0, 0.05) is 44.0 Å². The van der Waals surface area contributed by atoms with E-state index < -0.39 is 0 Å². The molecular formula is C28H28FN5O3. The molecule has 1 aliphatic heterocycles. The van der Waals surface area contributed by atoms with Crippen LogP contribution in [0.1, 0.15) is 21.5 Å². The van der Waals surface area contributed by atoms with Crippen LogP contribution in [0.15, 0.2) is 73.3 Å². The Bertz CT molecular complexity index is 1320. The fraction of sp³-hybridized carbons (Fsp3) is 0.286. The fourth-order valence-electron chi connectivity index (χ4n) is 4.20. The molecule has 190 valence electrons. The van der Waals surface area contributed by atoms with Gasteiger partial charge in [0.1, 0.15) is 18.2 Å². The maximum atomic E-state index is 13.3. The van der Waals surface area contributed by atoms with E-state index in [2.05, 4.69) is 20.2 Å². The number of nitrogens with zero attached hydrogens (tertiary/aromatic N) is 5. The number of carbonyl (C=O) groups is 1. The van der Waals surface area contributed by atoms with Crippen LogP contribution in [-0.4, -0.2) is 63.5 Å². The molecule has 1 aliphatic rings. The number of ketones is 1. The minimum absolute atomic E-state index is 0.0938. The normalized spacial score (nSPS) is 14.0. The monoisotopic (exact) mass is 501 g/mol. The molecule has 2 aromatic carbocycles. The number of benzene rings is 2. The first-order valence-electron chi connectivity index (χ1n) is 12.3. The van der Waals surface area contributed by atoms with Crippen LogP contribution in [-0.2, 0) is 24.3 Å². The Balaban J connectivity index is 1.34. The average Bonchev–Trinajstić information content (AvgIpc) is 3.42. The quantitative estimate of drug-likeness (QED) is 0.306. The first-order valence-corrected chi connectivity index (χ1v) is 12.3. The van der Waals surface area contributed by atoms with Crippen molar-refractivity contribution in [2.45, 2.75) is 19.6 Å². The highest BCUT2D eigenvalue weighted by atomic mass is 19.1. The van der Waals surface area contributed by atoms with Crippen molar-refractivity contribution in [2.24, 2.45) is 0 Å². The SMILES string of the molecule is O=C(Cc1ccnnc1)c1cc(-c2cnn(CCN3CCOCC3)c2)ccc1OCc1ccc(F)cc1. The minimum atomic E-state index is -0.305. The number of aromatic nitrogens is 4. The van der Waals surface area contributed by atoms with E-state index in [0.717, 1.165) is 61.6 Å². The first kappa shape index (κ1) is 24.7. The molecule has 0 amide bonds. The summed E-state index contributed by atoms with van der Waals surface area (Å²) in [5.41, 5.74) is 3.85. The lowest BCUT2D eigenvalue weighted by molar-refractivity contribution is 0.0360. The molecule has 4 aromatic rings. The summed E-state index contributed by atoms with van der Waals surface area (Å²) in [7, 11) is 0. The number of ether oxygens (including phenoxy) is 2. The van der Waals surface area contributed by atoms with Crippen LogP contribution in [0.25, 0.3) is 11.1 Å². The van der Waals surface area contributed by atoms with Crippen LogP contribution < -0.4 is 4.74 Å². The summed E-state index contributed by atoms with van der Waals surface area (Å²) in [6.07, 6.45) is 7.13. The summed E-state index contributed by atoms with van der Waals surface area (Å²) < 4.78 is 26.6. The van der Waals surface area contributed by atoms with Gasteiger partial charge in [-0.1, -0.05) is 18.2 Å². The second-order valence-corrected chi connectivity index (χ2v) is 8.92. The number of hydrogen-bond donors (Lipinski definition) is 0. The summed E-state index contributed by atoms with van der Waals surface area (Å²) in [4.78, 5) is 15.7. The Hall–Kier alpha value is -3.95. The van der Waals surface area contributed by atoms with Crippen LogP contribution in [0.5, 0.6) is 5.75 Å². The molecule has 1 fully saturated rings. The lowest BCUT2D eigenvalue weighted by Crippen LogP contribution is -2.38. The lowest BCUT2D eigenvalue weighted by Gasteiger charge is -2.26. The highest BCUT2D eigenvalue weighted by molar-refractivity contribution is 6.01. The van der Waals surface area contributed by atoms with Crippen molar-refractivity contribution in [3.63, 3.8) is 0 Å². The van der Waals surface area contributed by atoms with E-state index >= 15 is 0 Å². The molecule has 9 heteroatoms. The molecule has 37 heavy (non-hydrogen) atoms. The number of rotatable bonds is 10. The van der Waals surface area contributed by atoms with Crippen LogP contribution >= 0.6 is 0 Å². The molecule has 0 bridgehead atoms. The zero-order valence-electron chi connectivity index (χ0n) is 20.4. The predicted octanol–water partition coefficient (Wildman–Crippen LogP) is 3.82. The standard InChI is InChI=1S/C28H28FN5O3/c29-25-4-1-21(2-5-25)20-37-28-6-3-23(16-26(28)27(35)15-22-7-8-30-31-17-22)24-18-32-34(19-24)10-9-33-11-13-36-14-12-33/h1-8,16-19H,9-15,20H2. The molecule has 8 nitrogen and oxygen atoms in total. The van der Waals surface area contributed by atoms with Gasteiger partial charge < -0.3 is 9.47 Å². The van der Waals surface area contributed by atoms with E-state index in [1.165, 1.54) is 12.1 Å². The van der Waals surface area contributed by atoms with Gasteiger partial charge in [-0.2, -0.15) is 15.3 Å². The van der Waals surface area contributed by atoms with Gasteiger partial charge in [-0.05, 0) is 47.0 Å². The molecule has 5 rings (SSSR count). The van der Waals surface area contributed by atoms with Crippen LogP contribution in [0.4, 0.5) is 4.39 Å². The molecule has 0 N–H and O–H groups in total. The summed E-state index contributed by atoms with van der Waals surface area (Å²) in [6, 6.07) is 13.5. The second kappa shape index (κ2) is 11.9. The van der Waals surface area contributed by atoms with E-state index in [1.54, 1.807) is 30.6 Å². The largest absolute Gasteiger partial charge is 0.488 e.